The number of hydrogen-bond acceptors (Lipinski definition) is 4. The van der Waals surface area contributed by atoms with E-state index >= 15 is 0 Å². The Labute approximate surface area is 106 Å². The molecule has 0 radical (unpaired) electrons. The van der Waals surface area contributed by atoms with Crippen LogP contribution in [0.25, 0.3) is 0 Å². The van der Waals surface area contributed by atoms with Crippen molar-refractivity contribution < 1.29 is 4.79 Å². The highest BCUT2D eigenvalue weighted by Crippen LogP contribution is 2.38. The Hall–Kier alpha value is -1.03. The SMILES string of the molecule is CCC(CC)Nc1cc(N)c(C(=O)C2CC2)s1. The van der Waals surface area contributed by atoms with Crippen LogP contribution in [0.2, 0.25) is 0 Å². The van der Waals surface area contributed by atoms with Gasteiger partial charge in [0.1, 0.15) is 0 Å². The molecule has 1 saturated carbocycles. The predicted octanol–water partition coefficient (Wildman–Crippen LogP) is 3.52. The van der Waals surface area contributed by atoms with E-state index in [0.717, 1.165) is 35.6 Å². The first kappa shape index (κ1) is 12.4. The average Bonchev–Trinajstić information content (AvgIpc) is 3.10. The average molecular weight is 252 g/mol. The number of hydrogen-bond donors (Lipinski definition) is 2. The Morgan fingerprint density at radius 2 is 2.18 bits per heavy atom. The van der Waals surface area contributed by atoms with Crippen molar-refractivity contribution in [3.63, 3.8) is 0 Å². The van der Waals surface area contributed by atoms with E-state index in [-0.39, 0.29) is 11.7 Å². The highest BCUT2D eigenvalue weighted by atomic mass is 32.1. The summed E-state index contributed by atoms with van der Waals surface area (Å²) in [5, 5.41) is 4.47. The van der Waals surface area contributed by atoms with Crippen molar-refractivity contribution in [3.05, 3.63) is 10.9 Å². The molecule has 1 heterocycles. The second-order valence-electron chi connectivity index (χ2n) is 4.69. The first-order chi connectivity index (χ1) is 8.15. The Bertz CT molecular complexity index is 406. The predicted molar refractivity (Wildman–Crippen MR) is 73.8 cm³/mol. The van der Waals surface area contributed by atoms with Crippen molar-refractivity contribution in [3.8, 4) is 0 Å². The van der Waals surface area contributed by atoms with Crippen molar-refractivity contribution in [2.24, 2.45) is 5.92 Å². The van der Waals surface area contributed by atoms with Gasteiger partial charge in [-0.2, -0.15) is 0 Å². The Morgan fingerprint density at radius 1 is 1.53 bits per heavy atom. The molecule has 1 aromatic rings. The quantitative estimate of drug-likeness (QED) is 0.762. The molecule has 3 nitrogen and oxygen atoms in total. The Kier molecular flexibility index (Phi) is 3.72. The number of ketones is 1. The zero-order chi connectivity index (χ0) is 12.4. The van der Waals surface area contributed by atoms with E-state index < -0.39 is 0 Å². The molecule has 1 aromatic heterocycles. The van der Waals surface area contributed by atoms with Gasteiger partial charge in [0.15, 0.2) is 5.78 Å². The number of nitrogens with one attached hydrogen (secondary N) is 1. The van der Waals surface area contributed by atoms with Gasteiger partial charge in [0.25, 0.3) is 0 Å². The Morgan fingerprint density at radius 3 is 2.71 bits per heavy atom. The van der Waals surface area contributed by atoms with Crippen LogP contribution in [-0.4, -0.2) is 11.8 Å². The van der Waals surface area contributed by atoms with E-state index in [2.05, 4.69) is 19.2 Å². The van der Waals surface area contributed by atoms with Crippen LogP contribution in [0.5, 0.6) is 0 Å². The minimum Gasteiger partial charge on any atom is -0.397 e. The third-order valence-electron chi connectivity index (χ3n) is 3.26. The van der Waals surface area contributed by atoms with Crippen LogP contribution < -0.4 is 11.1 Å². The smallest absolute Gasteiger partial charge is 0.178 e. The molecule has 0 aliphatic heterocycles. The molecular formula is C13H20N2OS. The molecule has 0 atom stereocenters. The van der Waals surface area contributed by atoms with Gasteiger partial charge in [0, 0.05) is 12.0 Å². The van der Waals surface area contributed by atoms with Crippen LogP contribution in [0, 0.1) is 5.92 Å². The summed E-state index contributed by atoms with van der Waals surface area (Å²) in [4.78, 5) is 12.7. The number of nitrogens with two attached hydrogens (primary N) is 1. The summed E-state index contributed by atoms with van der Waals surface area (Å²) in [6.07, 6.45) is 4.23. The lowest BCUT2D eigenvalue weighted by molar-refractivity contribution is 0.0972. The number of anilines is 2. The summed E-state index contributed by atoms with van der Waals surface area (Å²) in [6, 6.07) is 2.37. The van der Waals surface area contributed by atoms with Gasteiger partial charge in [-0.05, 0) is 31.7 Å². The molecule has 1 aliphatic carbocycles. The molecule has 1 fully saturated rings. The molecule has 94 valence electrons. The van der Waals surface area contributed by atoms with Crippen molar-refractivity contribution in [2.45, 2.75) is 45.6 Å². The number of thiophene rings is 1. The van der Waals surface area contributed by atoms with Crippen LogP contribution in [0.15, 0.2) is 6.07 Å². The zero-order valence-corrected chi connectivity index (χ0v) is 11.3. The lowest BCUT2D eigenvalue weighted by atomic mass is 10.2. The summed E-state index contributed by atoms with van der Waals surface area (Å²) < 4.78 is 0. The standard InChI is InChI=1S/C13H20N2OS/c1-3-9(4-2)15-11-7-10(14)13(17-11)12(16)8-5-6-8/h7-9,15H,3-6,14H2,1-2H3. The summed E-state index contributed by atoms with van der Waals surface area (Å²) in [6.45, 7) is 4.32. The molecule has 0 amide bonds. The topological polar surface area (TPSA) is 55.1 Å². The molecule has 0 bridgehead atoms. The minimum atomic E-state index is 0.241. The fourth-order valence-corrected chi connectivity index (χ4v) is 2.97. The van der Waals surface area contributed by atoms with Gasteiger partial charge in [-0.3, -0.25) is 4.79 Å². The number of Topliss-reactive ketones (excluding diaryl/α,β-unsaturated/α-hetero) is 1. The monoisotopic (exact) mass is 252 g/mol. The second kappa shape index (κ2) is 5.08. The molecule has 0 aromatic carbocycles. The fraction of sp³-hybridized carbons (Fsp3) is 0.615. The molecular weight excluding hydrogens is 232 g/mol. The highest BCUT2D eigenvalue weighted by Gasteiger charge is 2.32. The largest absolute Gasteiger partial charge is 0.397 e. The van der Waals surface area contributed by atoms with Crippen LogP contribution in [-0.2, 0) is 0 Å². The van der Waals surface area contributed by atoms with Crippen LogP contribution in [0.4, 0.5) is 10.7 Å². The van der Waals surface area contributed by atoms with E-state index in [0.29, 0.717) is 11.7 Å². The van der Waals surface area contributed by atoms with Crippen LogP contribution in [0.3, 0.4) is 0 Å². The van der Waals surface area contributed by atoms with E-state index in [1.807, 2.05) is 6.07 Å². The molecule has 1 aliphatic rings. The molecule has 2 rings (SSSR count). The van der Waals surface area contributed by atoms with E-state index in [1.165, 1.54) is 11.3 Å². The third kappa shape index (κ3) is 2.80. The third-order valence-corrected chi connectivity index (χ3v) is 4.36. The van der Waals surface area contributed by atoms with Gasteiger partial charge < -0.3 is 11.1 Å². The van der Waals surface area contributed by atoms with Crippen molar-refractivity contribution in [1.82, 2.24) is 0 Å². The van der Waals surface area contributed by atoms with Gasteiger partial charge in [0.05, 0.1) is 15.6 Å². The van der Waals surface area contributed by atoms with Gasteiger partial charge in [0.2, 0.25) is 0 Å². The molecule has 3 N–H and O–H groups in total. The molecule has 4 heteroatoms. The summed E-state index contributed by atoms with van der Waals surface area (Å²) in [5.41, 5.74) is 6.56. The molecule has 0 spiro atoms. The lowest BCUT2D eigenvalue weighted by Gasteiger charge is -2.13. The fourth-order valence-electron chi connectivity index (χ4n) is 1.89. The first-order valence-electron chi connectivity index (χ1n) is 6.35. The molecule has 17 heavy (non-hydrogen) atoms. The Balaban J connectivity index is 2.09. The molecule has 0 unspecified atom stereocenters. The summed E-state index contributed by atoms with van der Waals surface area (Å²) in [7, 11) is 0. The maximum absolute atomic E-state index is 12.0. The zero-order valence-electron chi connectivity index (χ0n) is 10.5. The number of nitrogen functional groups attached to an aromatic ring is 1. The van der Waals surface area contributed by atoms with E-state index in [4.69, 9.17) is 5.73 Å². The van der Waals surface area contributed by atoms with E-state index in [9.17, 15) is 4.79 Å². The summed E-state index contributed by atoms with van der Waals surface area (Å²) >= 11 is 1.51. The highest BCUT2D eigenvalue weighted by molar-refractivity contribution is 7.18. The van der Waals surface area contributed by atoms with Gasteiger partial charge >= 0.3 is 0 Å². The first-order valence-corrected chi connectivity index (χ1v) is 7.17. The van der Waals surface area contributed by atoms with Crippen molar-refractivity contribution >= 4 is 27.8 Å². The normalized spacial score (nSPS) is 15.2. The molecule has 0 saturated heterocycles. The summed E-state index contributed by atoms with van der Waals surface area (Å²) in [5.74, 6) is 0.488. The maximum Gasteiger partial charge on any atom is 0.178 e. The maximum atomic E-state index is 12.0. The van der Waals surface area contributed by atoms with Crippen molar-refractivity contribution in [1.29, 1.82) is 0 Å². The number of carbonyl (C=O) groups excluding carboxylic acids is 1. The van der Waals surface area contributed by atoms with E-state index in [1.54, 1.807) is 0 Å². The van der Waals surface area contributed by atoms with Crippen LogP contribution >= 0.6 is 11.3 Å². The van der Waals surface area contributed by atoms with Gasteiger partial charge in [-0.1, -0.05) is 13.8 Å². The number of rotatable bonds is 6. The van der Waals surface area contributed by atoms with Crippen LogP contribution in [0.1, 0.15) is 49.2 Å². The van der Waals surface area contributed by atoms with Gasteiger partial charge in [-0.15, -0.1) is 11.3 Å². The number of carbonyl (C=O) groups is 1. The lowest BCUT2D eigenvalue weighted by Crippen LogP contribution is -2.15. The minimum absolute atomic E-state index is 0.241. The van der Waals surface area contributed by atoms with Gasteiger partial charge in [-0.25, -0.2) is 0 Å². The second-order valence-corrected chi connectivity index (χ2v) is 5.74. The van der Waals surface area contributed by atoms with Crippen molar-refractivity contribution in [2.75, 3.05) is 11.1 Å².